The average molecular weight is 282 g/mol. The molecule has 1 aliphatic carbocycles. The molecule has 0 spiro atoms. The molecule has 1 saturated heterocycles. The minimum atomic E-state index is -0.106. The molecule has 0 radical (unpaired) electrons. The highest BCUT2D eigenvalue weighted by molar-refractivity contribution is 5.84. The first-order valence-corrected chi connectivity index (χ1v) is 7.91. The van der Waals surface area contributed by atoms with Crippen LogP contribution < -0.4 is 10.2 Å². The number of hydrogen-bond donors (Lipinski definition) is 2. The van der Waals surface area contributed by atoms with E-state index in [-0.39, 0.29) is 18.4 Å². The molecule has 3 atom stereocenters. The molecular weight excluding hydrogens is 254 g/mol. The van der Waals surface area contributed by atoms with Gasteiger partial charge in [-0.05, 0) is 32.1 Å². The first kappa shape index (κ1) is 15.3. The van der Waals surface area contributed by atoms with E-state index in [9.17, 15) is 9.59 Å². The molecule has 2 amide bonds. The van der Waals surface area contributed by atoms with E-state index in [4.69, 9.17) is 0 Å². The summed E-state index contributed by atoms with van der Waals surface area (Å²) in [4.78, 5) is 26.6. The maximum absolute atomic E-state index is 12.3. The number of likely N-dealkylation sites (N-methyl/N-ethyl adjacent to an activating group) is 2. The van der Waals surface area contributed by atoms with Gasteiger partial charge in [0.15, 0.2) is 6.54 Å². The van der Waals surface area contributed by atoms with Crippen molar-refractivity contribution >= 4 is 11.8 Å². The number of fused-ring (bicyclic) bond motifs is 1. The largest absolute Gasteiger partial charge is 0.358 e. The summed E-state index contributed by atoms with van der Waals surface area (Å²) in [6.45, 7) is 1.83. The molecule has 2 aliphatic rings. The molecule has 0 aromatic rings. The van der Waals surface area contributed by atoms with Crippen LogP contribution >= 0.6 is 0 Å². The number of rotatable bonds is 4. The van der Waals surface area contributed by atoms with Crippen LogP contribution in [0.15, 0.2) is 0 Å². The third-order valence-corrected chi connectivity index (χ3v) is 4.97. The summed E-state index contributed by atoms with van der Waals surface area (Å²) in [5, 5.41) is 2.56. The highest BCUT2D eigenvalue weighted by atomic mass is 16.2. The fraction of sp³-hybridized carbons (Fsp3) is 0.867. The molecule has 0 bridgehead atoms. The number of carbonyl (C=O) groups is 2. The average Bonchev–Trinajstić information content (AvgIpc) is 2.47. The molecule has 20 heavy (non-hydrogen) atoms. The van der Waals surface area contributed by atoms with Gasteiger partial charge >= 0.3 is 0 Å². The Hall–Kier alpha value is -1.10. The Morgan fingerprint density at radius 3 is 2.65 bits per heavy atom. The van der Waals surface area contributed by atoms with Crippen LogP contribution in [0.25, 0.3) is 0 Å². The fourth-order valence-corrected chi connectivity index (χ4v) is 3.80. The Balaban J connectivity index is 1.87. The van der Waals surface area contributed by atoms with Gasteiger partial charge in [0, 0.05) is 20.0 Å². The minimum absolute atomic E-state index is 0.0924. The van der Waals surface area contributed by atoms with E-state index in [1.165, 1.54) is 43.4 Å². The second-order valence-corrected chi connectivity index (χ2v) is 6.30. The van der Waals surface area contributed by atoms with Crippen LogP contribution in [-0.2, 0) is 9.59 Å². The summed E-state index contributed by atoms with van der Waals surface area (Å²) >= 11 is 0. The zero-order valence-electron chi connectivity index (χ0n) is 12.8. The maximum atomic E-state index is 12.3. The lowest BCUT2D eigenvalue weighted by Crippen LogP contribution is -3.18. The highest BCUT2D eigenvalue weighted by Gasteiger charge is 2.37. The Morgan fingerprint density at radius 1 is 1.20 bits per heavy atom. The summed E-state index contributed by atoms with van der Waals surface area (Å²) in [6.07, 6.45) is 7.87. The third-order valence-electron chi connectivity index (χ3n) is 4.97. The van der Waals surface area contributed by atoms with E-state index in [1.54, 1.807) is 19.0 Å². The molecule has 5 nitrogen and oxygen atoms in total. The zero-order chi connectivity index (χ0) is 14.5. The Bertz CT molecular complexity index is 357. The molecule has 2 rings (SSSR count). The predicted octanol–water partition coefficient (Wildman–Crippen LogP) is -0.572. The SMILES string of the molecule is CNC(=O)CN(C)C(=O)C[NH+]1CCC[C@@H]2CCCC[C@@H]21. The van der Waals surface area contributed by atoms with E-state index in [0.717, 1.165) is 12.5 Å². The molecule has 1 unspecified atom stereocenters. The molecule has 0 aromatic heterocycles. The number of carbonyl (C=O) groups excluding carboxylic acids is 2. The monoisotopic (exact) mass is 282 g/mol. The third kappa shape index (κ3) is 3.72. The van der Waals surface area contributed by atoms with Crippen molar-refractivity contribution in [3.05, 3.63) is 0 Å². The summed E-state index contributed by atoms with van der Waals surface area (Å²) in [5.74, 6) is 0.810. The summed E-state index contributed by atoms with van der Waals surface area (Å²) in [7, 11) is 3.32. The van der Waals surface area contributed by atoms with Gasteiger partial charge in [-0.15, -0.1) is 0 Å². The van der Waals surface area contributed by atoms with Crippen molar-refractivity contribution in [2.45, 2.75) is 44.6 Å². The van der Waals surface area contributed by atoms with Crippen molar-refractivity contribution in [1.29, 1.82) is 0 Å². The van der Waals surface area contributed by atoms with Gasteiger partial charge in [0.1, 0.15) is 0 Å². The van der Waals surface area contributed by atoms with Crippen molar-refractivity contribution in [3.63, 3.8) is 0 Å². The highest BCUT2D eigenvalue weighted by Crippen LogP contribution is 2.28. The molecule has 5 heteroatoms. The summed E-state index contributed by atoms with van der Waals surface area (Å²) < 4.78 is 0. The van der Waals surface area contributed by atoms with Gasteiger partial charge in [-0.3, -0.25) is 9.59 Å². The van der Waals surface area contributed by atoms with E-state index in [0.29, 0.717) is 12.6 Å². The summed E-state index contributed by atoms with van der Waals surface area (Å²) in [5.41, 5.74) is 0. The van der Waals surface area contributed by atoms with Gasteiger partial charge in [-0.25, -0.2) is 0 Å². The van der Waals surface area contributed by atoms with Crippen molar-refractivity contribution in [2.75, 3.05) is 33.7 Å². The molecular formula is C15H28N3O2+. The van der Waals surface area contributed by atoms with E-state index >= 15 is 0 Å². The lowest BCUT2D eigenvalue weighted by molar-refractivity contribution is -0.929. The molecule has 2 fully saturated rings. The van der Waals surface area contributed by atoms with Gasteiger partial charge in [0.05, 0.1) is 19.1 Å². The number of likely N-dealkylation sites (tertiary alicyclic amines) is 1. The van der Waals surface area contributed by atoms with Crippen molar-refractivity contribution in [3.8, 4) is 0 Å². The molecule has 1 heterocycles. The molecule has 2 N–H and O–H groups in total. The Kier molecular flexibility index (Phi) is 5.40. The second-order valence-electron chi connectivity index (χ2n) is 6.30. The van der Waals surface area contributed by atoms with Crippen molar-refractivity contribution < 1.29 is 14.5 Å². The second kappa shape index (κ2) is 7.07. The van der Waals surface area contributed by atoms with Gasteiger partial charge in [0.2, 0.25) is 5.91 Å². The number of piperidine rings is 1. The maximum Gasteiger partial charge on any atom is 0.277 e. The van der Waals surface area contributed by atoms with Crippen LogP contribution in [0.5, 0.6) is 0 Å². The molecule has 0 aromatic carbocycles. The van der Waals surface area contributed by atoms with Crippen LogP contribution in [-0.4, -0.2) is 56.5 Å². The van der Waals surface area contributed by atoms with Gasteiger partial charge in [-0.2, -0.15) is 0 Å². The number of quaternary nitrogens is 1. The number of nitrogens with zero attached hydrogens (tertiary/aromatic N) is 1. The smallest absolute Gasteiger partial charge is 0.277 e. The quantitative estimate of drug-likeness (QED) is 0.725. The zero-order valence-corrected chi connectivity index (χ0v) is 12.8. The predicted molar refractivity (Wildman–Crippen MR) is 77.4 cm³/mol. The lowest BCUT2D eigenvalue weighted by atomic mass is 9.78. The van der Waals surface area contributed by atoms with Crippen LogP contribution in [0.2, 0.25) is 0 Å². The topological polar surface area (TPSA) is 53.9 Å². The normalized spacial score (nSPS) is 29.4. The van der Waals surface area contributed by atoms with Gasteiger partial charge in [-0.1, -0.05) is 6.42 Å². The van der Waals surface area contributed by atoms with Crippen LogP contribution in [0.4, 0.5) is 0 Å². The van der Waals surface area contributed by atoms with Gasteiger partial charge < -0.3 is 15.1 Å². The van der Waals surface area contributed by atoms with E-state index < -0.39 is 0 Å². The van der Waals surface area contributed by atoms with Crippen molar-refractivity contribution in [2.24, 2.45) is 5.92 Å². The van der Waals surface area contributed by atoms with Crippen LogP contribution in [0, 0.1) is 5.92 Å². The number of nitrogens with one attached hydrogen (secondary N) is 2. The molecule has 1 saturated carbocycles. The first-order valence-electron chi connectivity index (χ1n) is 7.91. The van der Waals surface area contributed by atoms with Crippen LogP contribution in [0.1, 0.15) is 38.5 Å². The first-order chi connectivity index (χ1) is 9.61. The molecule has 114 valence electrons. The molecule has 1 aliphatic heterocycles. The van der Waals surface area contributed by atoms with E-state index in [2.05, 4.69) is 5.32 Å². The minimum Gasteiger partial charge on any atom is -0.358 e. The fourth-order valence-electron chi connectivity index (χ4n) is 3.80. The van der Waals surface area contributed by atoms with Gasteiger partial charge in [0.25, 0.3) is 5.91 Å². The Morgan fingerprint density at radius 2 is 1.90 bits per heavy atom. The van der Waals surface area contributed by atoms with Crippen molar-refractivity contribution in [1.82, 2.24) is 10.2 Å². The van der Waals surface area contributed by atoms with Crippen LogP contribution in [0.3, 0.4) is 0 Å². The number of amides is 2. The summed E-state index contributed by atoms with van der Waals surface area (Å²) in [6, 6.07) is 0.676. The standard InChI is InChI=1S/C15H27N3O2/c1-16-14(19)10-17(2)15(20)11-18-9-5-7-12-6-3-4-8-13(12)18/h12-13H,3-11H2,1-2H3,(H,16,19)/p+1/t12-,13-/m0/s1. The number of hydrogen-bond acceptors (Lipinski definition) is 2. The lowest BCUT2D eigenvalue weighted by Gasteiger charge is -2.41. The van der Waals surface area contributed by atoms with E-state index in [1.807, 2.05) is 0 Å². The Labute approximate surface area is 121 Å².